The number of benzene rings is 1. The Kier molecular flexibility index (Phi) is 5.76. The van der Waals surface area contributed by atoms with Crippen molar-refractivity contribution in [3.8, 4) is 0 Å². The summed E-state index contributed by atoms with van der Waals surface area (Å²) in [4.78, 5) is 29.2. The van der Waals surface area contributed by atoms with E-state index >= 15 is 0 Å². The zero-order valence-corrected chi connectivity index (χ0v) is 18.3. The van der Waals surface area contributed by atoms with E-state index in [2.05, 4.69) is 10.2 Å². The van der Waals surface area contributed by atoms with Crippen molar-refractivity contribution in [3.63, 3.8) is 0 Å². The number of hydrogen-bond donors (Lipinski definition) is 1. The van der Waals surface area contributed by atoms with Crippen molar-refractivity contribution in [2.24, 2.45) is 5.92 Å². The van der Waals surface area contributed by atoms with E-state index in [9.17, 15) is 18.0 Å². The quantitative estimate of drug-likeness (QED) is 0.770. The smallest absolute Gasteiger partial charge is 0.256 e. The lowest BCUT2D eigenvalue weighted by molar-refractivity contribution is -0.117. The molecule has 4 rings (SSSR count). The first-order valence-electron chi connectivity index (χ1n) is 10.6. The Hall–Kier alpha value is -2.13. The number of nitrogens with zero attached hydrogens (tertiary/aromatic N) is 2. The van der Waals surface area contributed by atoms with E-state index in [0.717, 1.165) is 18.5 Å². The van der Waals surface area contributed by atoms with Crippen LogP contribution in [0.4, 0.5) is 11.4 Å². The summed E-state index contributed by atoms with van der Waals surface area (Å²) in [6, 6.07) is 5.36. The lowest BCUT2D eigenvalue weighted by Crippen LogP contribution is -2.47. The Bertz CT molecular complexity index is 920. The van der Waals surface area contributed by atoms with Crippen LogP contribution in [0.2, 0.25) is 0 Å². The van der Waals surface area contributed by atoms with Gasteiger partial charge in [0.2, 0.25) is 5.91 Å². The Morgan fingerprint density at radius 3 is 2.30 bits per heavy atom. The molecule has 9 heteroatoms. The van der Waals surface area contributed by atoms with E-state index in [0.29, 0.717) is 24.3 Å². The Morgan fingerprint density at radius 2 is 1.70 bits per heavy atom. The van der Waals surface area contributed by atoms with E-state index in [4.69, 9.17) is 4.74 Å². The molecule has 1 aliphatic carbocycles. The molecule has 30 heavy (non-hydrogen) atoms. The highest BCUT2D eigenvalue weighted by atomic mass is 32.2. The summed E-state index contributed by atoms with van der Waals surface area (Å²) < 4.78 is 29.3. The molecule has 1 aromatic rings. The number of carbonyl (C=O) groups excluding carboxylic acids is 2. The number of hydrogen-bond acceptors (Lipinski definition) is 6. The van der Waals surface area contributed by atoms with Gasteiger partial charge < -0.3 is 19.9 Å². The molecule has 1 aromatic carbocycles. The summed E-state index contributed by atoms with van der Waals surface area (Å²) in [6.07, 6.45) is 1.88. The minimum atomic E-state index is -3.07. The minimum absolute atomic E-state index is 0.00474. The number of amides is 2. The SMILES string of the molecule is CC1CN(c2cc(NC(=O)C3CC3)ccc2C(=O)N2CCS(=O)(=O)CC2)CC(C)O1. The van der Waals surface area contributed by atoms with Crippen LogP contribution in [0.15, 0.2) is 18.2 Å². The molecule has 2 heterocycles. The first-order valence-corrected chi connectivity index (χ1v) is 12.4. The Balaban J connectivity index is 1.62. The topological polar surface area (TPSA) is 96.0 Å². The van der Waals surface area contributed by atoms with E-state index in [1.807, 2.05) is 19.9 Å². The highest BCUT2D eigenvalue weighted by Gasteiger charge is 2.32. The average molecular weight is 436 g/mol. The fraction of sp³-hybridized carbons (Fsp3) is 0.619. The van der Waals surface area contributed by atoms with Crippen LogP contribution in [0.25, 0.3) is 0 Å². The molecule has 8 nitrogen and oxygen atoms in total. The van der Waals surface area contributed by atoms with Crippen LogP contribution < -0.4 is 10.2 Å². The van der Waals surface area contributed by atoms with Crippen molar-refractivity contribution < 1.29 is 22.7 Å². The van der Waals surface area contributed by atoms with Gasteiger partial charge in [0.25, 0.3) is 5.91 Å². The van der Waals surface area contributed by atoms with Gasteiger partial charge in [-0.25, -0.2) is 8.42 Å². The van der Waals surface area contributed by atoms with Gasteiger partial charge in [-0.15, -0.1) is 0 Å². The normalized spacial score (nSPS) is 26.3. The van der Waals surface area contributed by atoms with Gasteiger partial charge in [-0.2, -0.15) is 0 Å². The van der Waals surface area contributed by atoms with Crippen molar-refractivity contribution in [1.29, 1.82) is 0 Å². The number of rotatable bonds is 4. The molecular formula is C21H29N3O5S. The number of sulfone groups is 1. The first-order chi connectivity index (χ1) is 14.2. The highest BCUT2D eigenvalue weighted by Crippen LogP contribution is 2.33. The van der Waals surface area contributed by atoms with E-state index in [-0.39, 0.29) is 54.5 Å². The molecule has 1 N–H and O–H groups in total. The Morgan fingerprint density at radius 1 is 1.07 bits per heavy atom. The van der Waals surface area contributed by atoms with Crippen LogP contribution in [0, 0.1) is 5.92 Å². The van der Waals surface area contributed by atoms with Crippen LogP contribution >= 0.6 is 0 Å². The number of ether oxygens (including phenoxy) is 1. The molecule has 1 saturated carbocycles. The molecular weight excluding hydrogens is 406 g/mol. The monoisotopic (exact) mass is 435 g/mol. The maximum absolute atomic E-state index is 13.3. The largest absolute Gasteiger partial charge is 0.372 e. The average Bonchev–Trinajstić information content (AvgIpc) is 3.52. The maximum atomic E-state index is 13.3. The third kappa shape index (κ3) is 4.78. The Labute approximate surface area is 177 Å². The van der Waals surface area contributed by atoms with Crippen LogP contribution in [0.1, 0.15) is 37.0 Å². The second kappa shape index (κ2) is 8.19. The summed E-state index contributed by atoms with van der Waals surface area (Å²) in [7, 11) is -3.07. The van der Waals surface area contributed by atoms with Gasteiger partial charge in [0.05, 0.1) is 35.0 Å². The summed E-state index contributed by atoms with van der Waals surface area (Å²) >= 11 is 0. The molecule has 2 aliphatic heterocycles. The van der Waals surface area contributed by atoms with Crippen molar-refractivity contribution in [1.82, 2.24) is 4.90 Å². The first kappa shape index (κ1) is 21.1. The van der Waals surface area contributed by atoms with Gasteiger partial charge in [0, 0.05) is 37.8 Å². The van der Waals surface area contributed by atoms with Crippen molar-refractivity contribution in [2.45, 2.75) is 38.9 Å². The number of morpholine rings is 1. The third-order valence-corrected chi connectivity index (χ3v) is 7.44. The number of anilines is 2. The summed E-state index contributed by atoms with van der Waals surface area (Å²) in [5.41, 5.74) is 1.95. The molecule has 0 bridgehead atoms. The summed E-state index contributed by atoms with van der Waals surface area (Å²) in [5, 5.41) is 2.96. The molecule has 3 fully saturated rings. The molecule has 2 saturated heterocycles. The van der Waals surface area contributed by atoms with E-state index in [1.165, 1.54) is 0 Å². The van der Waals surface area contributed by atoms with Crippen LogP contribution in [-0.4, -0.2) is 75.0 Å². The highest BCUT2D eigenvalue weighted by molar-refractivity contribution is 7.91. The van der Waals surface area contributed by atoms with Gasteiger partial charge in [-0.05, 0) is 44.9 Å². The molecule has 0 radical (unpaired) electrons. The molecule has 2 amide bonds. The maximum Gasteiger partial charge on any atom is 0.256 e. The molecule has 2 unspecified atom stereocenters. The van der Waals surface area contributed by atoms with Gasteiger partial charge in [0.15, 0.2) is 9.84 Å². The van der Waals surface area contributed by atoms with Crippen LogP contribution in [0.3, 0.4) is 0 Å². The predicted molar refractivity (Wildman–Crippen MR) is 115 cm³/mol. The van der Waals surface area contributed by atoms with E-state index < -0.39 is 9.84 Å². The van der Waals surface area contributed by atoms with E-state index in [1.54, 1.807) is 17.0 Å². The zero-order chi connectivity index (χ0) is 21.5. The number of carbonyl (C=O) groups is 2. The molecule has 0 spiro atoms. The van der Waals surface area contributed by atoms with Gasteiger partial charge >= 0.3 is 0 Å². The lowest BCUT2D eigenvalue weighted by atomic mass is 10.1. The van der Waals surface area contributed by atoms with Crippen molar-refractivity contribution >= 4 is 33.0 Å². The third-order valence-electron chi connectivity index (χ3n) is 5.84. The fourth-order valence-electron chi connectivity index (χ4n) is 4.10. The van der Waals surface area contributed by atoms with Crippen LogP contribution in [0.5, 0.6) is 0 Å². The number of nitrogens with one attached hydrogen (secondary N) is 1. The molecule has 2 atom stereocenters. The summed E-state index contributed by atoms with van der Waals surface area (Å²) in [5.74, 6) is -0.0741. The molecule has 3 aliphatic rings. The van der Waals surface area contributed by atoms with Gasteiger partial charge in [-0.3, -0.25) is 9.59 Å². The second-order valence-corrected chi connectivity index (χ2v) is 10.9. The standard InChI is InChI=1S/C21H29N3O5S/c1-14-12-24(13-15(2)29-14)19-11-17(22-20(25)16-3-4-16)5-6-18(19)21(26)23-7-9-30(27,28)10-8-23/h5-6,11,14-16H,3-4,7-10,12-13H2,1-2H3,(H,22,25). The zero-order valence-electron chi connectivity index (χ0n) is 17.5. The van der Waals surface area contributed by atoms with Crippen molar-refractivity contribution in [3.05, 3.63) is 23.8 Å². The molecule has 0 aromatic heterocycles. The van der Waals surface area contributed by atoms with Gasteiger partial charge in [0.1, 0.15) is 0 Å². The van der Waals surface area contributed by atoms with Gasteiger partial charge in [-0.1, -0.05) is 0 Å². The fourth-order valence-corrected chi connectivity index (χ4v) is 5.30. The molecule has 164 valence electrons. The lowest BCUT2D eigenvalue weighted by Gasteiger charge is -2.38. The van der Waals surface area contributed by atoms with Crippen LogP contribution in [-0.2, 0) is 19.4 Å². The van der Waals surface area contributed by atoms with Crippen molar-refractivity contribution in [2.75, 3.05) is 47.9 Å². The summed E-state index contributed by atoms with van der Waals surface area (Å²) in [6.45, 7) is 5.68. The predicted octanol–water partition coefficient (Wildman–Crippen LogP) is 1.52. The second-order valence-electron chi connectivity index (χ2n) is 8.60. The minimum Gasteiger partial charge on any atom is -0.372 e.